The van der Waals surface area contributed by atoms with E-state index in [-0.39, 0.29) is 0 Å². The third-order valence-electron chi connectivity index (χ3n) is 1.05. The van der Waals surface area contributed by atoms with Crippen LogP contribution in [0.15, 0.2) is 11.8 Å². The SMILES string of the molecule is CCCC=C(OP(=O)(O)O)C(=O)O. The van der Waals surface area contributed by atoms with E-state index in [1.807, 2.05) is 0 Å². The van der Waals surface area contributed by atoms with E-state index < -0.39 is 19.6 Å². The largest absolute Gasteiger partial charge is 0.525 e. The third kappa shape index (κ3) is 6.33. The highest BCUT2D eigenvalue weighted by atomic mass is 31.2. The molecule has 3 N–H and O–H groups in total. The number of phosphoric acid groups is 1. The maximum Gasteiger partial charge on any atom is 0.525 e. The van der Waals surface area contributed by atoms with Crippen LogP contribution in [-0.4, -0.2) is 20.9 Å². The molecule has 0 aliphatic rings. The van der Waals surface area contributed by atoms with E-state index in [9.17, 15) is 9.36 Å². The van der Waals surface area contributed by atoms with E-state index in [0.29, 0.717) is 12.8 Å². The monoisotopic (exact) mass is 210 g/mol. The molecule has 0 atom stereocenters. The highest BCUT2D eigenvalue weighted by molar-refractivity contribution is 7.46. The van der Waals surface area contributed by atoms with Gasteiger partial charge in [0.15, 0.2) is 0 Å². The van der Waals surface area contributed by atoms with Gasteiger partial charge < -0.3 is 9.63 Å². The van der Waals surface area contributed by atoms with Crippen molar-refractivity contribution in [2.45, 2.75) is 19.8 Å². The fourth-order valence-electron chi connectivity index (χ4n) is 0.567. The van der Waals surface area contributed by atoms with E-state index in [0.717, 1.165) is 6.08 Å². The molecule has 13 heavy (non-hydrogen) atoms. The first-order valence-electron chi connectivity index (χ1n) is 3.55. The third-order valence-corrected chi connectivity index (χ3v) is 1.48. The van der Waals surface area contributed by atoms with Crippen LogP contribution in [0.5, 0.6) is 0 Å². The Balaban J connectivity index is 4.45. The average molecular weight is 210 g/mol. The Morgan fingerprint density at radius 1 is 1.54 bits per heavy atom. The Labute approximate surface area is 75.1 Å². The molecular formula is C6H11O6P. The molecule has 6 nitrogen and oxygen atoms in total. The van der Waals surface area contributed by atoms with E-state index >= 15 is 0 Å². The Morgan fingerprint density at radius 2 is 2.08 bits per heavy atom. The van der Waals surface area contributed by atoms with Gasteiger partial charge in [-0.05, 0) is 12.5 Å². The molecule has 0 aromatic rings. The number of aliphatic carboxylic acids is 1. The minimum absolute atomic E-state index is 0.391. The van der Waals surface area contributed by atoms with Crippen molar-refractivity contribution in [3.63, 3.8) is 0 Å². The van der Waals surface area contributed by atoms with Crippen molar-refractivity contribution >= 4 is 13.8 Å². The Hall–Kier alpha value is -0.840. The van der Waals surface area contributed by atoms with E-state index in [1.165, 1.54) is 0 Å². The molecule has 0 saturated carbocycles. The molecule has 0 rings (SSSR count). The minimum atomic E-state index is -4.77. The highest BCUT2D eigenvalue weighted by Crippen LogP contribution is 2.38. The van der Waals surface area contributed by atoms with E-state index in [2.05, 4.69) is 4.52 Å². The van der Waals surface area contributed by atoms with Gasteiger partial charge in [0, 0.05) is 0 Å². The van der Waals surface area contributed by atoms with E-state index in [4.69, 9.17) is 14.9 Å². The van der Waals surface area contributed by atoms with Gasteiger partial charge in [0.25, 0.3) is 0 Å². The molecule has 76 valence electrons. The lowest BCUT2D eigenvalue weighted by Gasteiger charge is -2.06. The zero-order valence-corrected chi connectivity index (χ0v) is 7.90. The summed E-state index contributed by atoms with van der Waals surface area (Å²) in [6, 6.07) is 0. The van der Waals surface area contributed by atoms with Crippen LogP contribution in [0.2, 0.25) is 0 Å². The topological polar surface area (TPSA) is 104 Å². The molecule has 0 bridgehead atoms. The van der Waals surface area contributed by atoms with Crippen LogP contribution in [0.4, 0.5) is 0 Å². The first kappa shape index (κ1) is 12.2. The van der Waals surface area contributed by atoms with Crippen LogP contribution in [-0.2, 0) is 13.9 Å². The van der Waals surface area contributed by atoms with Gasteiger partial charge in [-0.3, -0.25) is 9.79 Å². The normalized spacial score (nSPS) is 12.7. The quantitative estimate of drug-likeness (QED) is 0.353. The van der Waals surface area contributed by atoms with Crippen molar-refractivity contribution in [2.75, 3.05) is 0 Å². The fraction of sp³-hybridized carbons (Fsp3) is 0.500. The minimum Gasteiger partial charge on any atom is -0.475 e. The summed E-state index contributed by atoms with van der Waals surface area (Å²) in [4.78, 5) is 27.0. The summed E-state index contributed by atoms with van der Waals surface area (Å²) in [6.07, 6.45) is 2.18. The van der Waals surface area contributed by atoms with Gasteiger partial charge in [-0.2, -0.15) is 0 Å². The lowest BCUT2D eigenvalue weighted by atomic mass is 10.3. The van der Waals surface area contributed by atoms with Crippen LogP contribution >= 0.6 is 7.82 Å². The van der Waals surface area contributed by atoms with Crippen LogP contribution < -0.4 is 0 Å². The van der Waals surface area contributed by atoms with Crippen LogP contribution in [0, 0.1) is 0 Å². The summed E-state index contributed by atoms with van der Waals surface area (Å²) in [7, 11) is -4.77. The summed E-state index contributed by atoms with van der Waals surface area (Å²) in [5.41, 5.74) is 0. The number of unbranched alkanes of at least 4 members (excludes halogenated alkanes) is 1. The van der Waals surface area contributed by atoms with E-state index in [1.54, 1.807) is 6.92 Å². The van der Waals surface area contributed by atoms with Crippen molar-refractivity contribution in [1.29, 1.82) is 0 Å². The molecule has 0 unspecified atom stereocenters. The number of phosphoric ester groups is 1. The van der Waals surface area contributed by atoms with Crippen molar-refractivity contribution in [3.05, 3.63) is 11.8 Å². The molecule has 0 aromatic heterocycles. The smallest absolute Gasteiger partial charge is 0.475 e. The lowest BCUT2D eigenvalue weighted by molar-refractivity contribution is -0.135. The van der Waals surface area contributed by atoms with Gasteiger partial charge in [0.05, 0.1) is 0 Å². The lowest BCUT2D eigenvalue weighted by Crippen LogP contribution is -2.03. The van der Waals surface area contributed by atoms with Gasteiger partial charge in [0.1, 0.15) is 0 Å². The first-order valence-corrected chi connectivity index (χ1v) is 5.08. The second kappa shape index (κ2) is 5.01. The van der Waals surface area contributed by atoms with Crippen molar-refractivity contribution < 1.29 is 28.8 Å². The molecule has 0 radical (unpaired) electrons. The molecule has 0 fully saturated rings. The van der Waals surface area contributed by atoms with Crippen molar-refractivity contribution in [2.24, 2.45) is 0 Å². The Kier molecular flexibility index (Phi) is 4.69. The van der Waals surface area contributed by atoms with Gasteiger partial charge in [-0.1, -0.05) is 13.3 Å². The molecular weight excluding hydrogens is 199 g/mol. The zero-order chi connectivity index (χ0) is 10.5. The molecule has 0 aliphatic heterocycles. The van der Waals surface area contributed by atoms with Crippen LogP contribution in [0.25, 0.3) is 0 Å². The maximum absolute atomic E-state index is 10.3. The van der Waals surface area contributed by atoms with Crippen LogP contribution in [0.1, 0.15) is 19.8 Å². The highest BCUT2D eigenvalue weighted by Gasteiger charge is 2.21. The van der Waals surface area contributed by atoms with Gasteiger partial charge in [0.2, 0.25) is 5.76 Å². The Morgan fingerprint density at radius 3 is 2.38 bits per heavy atom. The number of carbonyl (C=O) groups is 1. The zero-order valence-electron chi connectivity index (χ0n) is 7.01. The predicted molar refractivity (Wildman–Crippen MR) is 43.8 cm³/mol. The second-order valence-electron chi connectivity index (χ2n) is 2.24. The van der Waals surface area contributed by atoms with Gasteiger partial charge in [-0.15, -0.1) is 0 Å². The number of carboxylic acid groups (broad SMARTS) is 1. The van der Waals surface area contributed by atoms with Crippen LogP contribution in [0.3, 0.4) is 0 Å². The summed E-state index contributed by atoms with van der Waals surface area (Å²) in [5.74, 6) is -2.20. The molecule has 0 aromatic carbocycles. The summed E-state index contributed by atoms with van der Waals surface area (Å²) in [5, 5.41) is 8.43. The standard InChI is InChI=1S/C6H11O6P/c1-2-3-4-5(6(7)8)12-13(9,10)11/h4H,2-3H2,1H3,(H,7,8)(H2,9,10,11). The second-order valence-corrected chi connectivity index (χ2v) is 3.41. The van der Waals surface area contributed by atoms with Gasteiger partial charge >= 0.3 is 13.8 Å². The van der Waals surface area contributed by atoms with Crippen molar-refractivity contribution in [1.82, 2.24) is 0 Å². The number of carboxylic acids is 1. The Bertz CT molecular complexity index is 252. The number of rotatable bonds is 5. The summed E-state index contributed by atoms with van der Waals surface area (Å²) >= 11 is 0. The molecule has 0 amide bonds. The summed E-state index contributed by atoms with van der Waals surface area (Å²) < 4.78 is 14.2. The summed E-state index contributed by atoms with van der Waals surface area (Å²) in [6.45, 7) is 1.80. The first-order chi connectivity index (χ1) is 5.87. The number of hydrogen-bond donors (Lipinski definition) is 3. The molecule has 0 heterocycles. The average Bonchev–Trinajstić information content (AvgIpc) is 1.95. The molecule has 7 heteroatoms. The number of allylic oxidation sites excluding steroid dienone is 1. The predicted octanol–water partition coefficient (Wildman–Crippen LogP) is 0.864. The molecule has 0 spiro atoms. The number of hydrogen-bond acceptors (Lipinski definition) is 3. The molecule has 0 aliphatic carbocycles. The maximum atomic E-state index is 10.3. The van der Waals surface area contributed by atoms with Gasteiger partial charge in [-0.25, -0.2) is 9.36 Å². The fourth-order valence-corrected chi connectivity index (χ4v) is 0.976. The van der Waals surface area contributed by atoms with Crippen molar-refractivity contribution in [3.8, 4) is 0 Å². The molecule has 0 saturated heterocycles.